The first-order valence-corrected chi connectivity index (χ1v) is 7.43. The largest absolute Gasteiger partial charge is 0.322 e. The van der Waals surface area contributed by atoms with Crippen molar-refractivity contribution in [1.29, 1.82) is 0 Å². The number of benzene rings is 2. The first kappa shape index (κ1) is 13.9. The third-order valence-corrected chi connectivity index (χ3v) is 4.89. The summed E-state index contributed by atoms with van der Waals surface area (Å²) in [5.74, 6) is -0.135. The van der Waals surface area contributed by atoms with Crippen molar-refractivity contribution in [2.45, 2.75) is 4.90 Å². The number of rotatable bonds is 2. The van der Waals surface area contributed by atoms with E-state index in [1.165, 1.54) is 0 Å². The first-order chi connectivity index (χ1) is 8.56. The van der Waals surface area contributed by atoms with Crippen LogP contribution in [0.1, 0.15) is 10.4 Å². The van der Waals surface area contributed by atoms with Gasteiger partial charge in [0.15, 0.2) is 0 Å². The molecule has 0 bridgehead atoms. The van der Waals surface area contributed by atoms with Crippen LogP contribution in [-0.4, -0.2) is 5.91 Å². The molecule has 5 heteroatoms. The quantitative estimate of drug-likeness (QED) is 0.526. The van der Waals surface area contributed by atoms with Gasteiger partial charge in [0, 0.05) is 24.2 Å². The smallest absolute Gasteiger partial charge is 0.255 e. The number of nitrogens with one attached hydrogen (secondary N) is 1. The Hall–Kier alpha value is -0.530. The lowest BCUT2D eigenvalue weighted by Crippen LogP contribution is -2.11. The molecule has 1 amide bonds. The topological polar surface area (TPSA) is 29.1 Å². The summed E-state index contributed by atoms with van der Waals surface area (Å²) in [6, 6.07) is 12.8. The summed E-state index contributed by atoms with van der Waals surface area (Å²) >= 11 is 9.84. The number of carbonyl (C=O) groups is 1. The number of thiol groups is 1. The van der Waals surface area contributed by atoms with Gasteiger partial charge in [-0.2, -0.15) is 0 Å². The monoisotopic (exact) mass is 433 g/mol. The van der Waals surface area contributed by atoms with E-state index in [4.69, 9.17) is 0 Å². The summed E-state index contributed by atoms with van der Waals surface area (Å²) in [5.41, 5.74) is 1.37. The molecule has 0 saturated heterocycles. The normalized spacial score (nSPS) is 10.2. The molecule has 1 N–H and O–H groups in total. The van der Waals surface area contributed by atoms with E-state index in [0.717, 1.165) is 18.6 Å². The van der Waals surface area contributed by atoms with E-state index < -0.39 is 0 Å². The Bertz CT molecular complexity index is 603. The lowest BCUT2D eigenvalue weighted by molar-refractivity contribution is 0.102. The van der Waals surface area contributed by atoms with Gasteiger partial charge in [-0.15, -0.1) is 12.6 Å². The maximum atomic E-state index is 12.0. The zero-order valence-electron chi connectivity index (χ0n) is 9.15. The minimum atomic E-state index is -0.135. The molecule has 0 spiro atoms. The third-order valence-electron chi connectivity index (χ3n) is 2.29. The van der Waals surface area contributed by atoms with Gasteiger partial charge in [0.2, 0.25) is 0 Å². The average molecular weight is 434 g/mol. The summed E-state index contributed by atoms with van der Waals surface area (Å²) in [5, 5.41) is 2.85. The van der Waals surface area contributed by atoms with Gasteiger partial charge in [0.05, 0.1) is 0 Å². The van der Waals surface area contributed by atoms with Crippen molar-refractivity contribution >= 4 is 62.7 Å². The molecule has 2 aromatic rings. The fraction of sp³-hybridized carbons (Fsp3) is 0. The molecule has 92 valence electrons. The van der Waals surface area contributed by atoms with Crippen LogP contribution in [0.25, 0.3) is 0 Å². The predicted octanol–water partition coefficient (Wildman–Crippen LogP) is 4.59. The summed E-state index contributed by atoms with van der Waals surface area (Å²) in [6.45, 7) is 0. The van der Waals surface area contributed by atoms with Gasteiger partial charge < -0.3 is 5.32 Å². The van der Waals surface area contributed by atoms with Crippen molar-refractivity contribution in [2.75, 3.05) is 5.32 Å². The molecule has 0 unspecified atom stereocenters. The van der Waals surface area contributed by atoms with E-state index in [0.29, 0.717) is 5.56 Å². The minimum absolute atomic E-state index is 0.135. The zero-order chi connectivity index (χ0) is 13.1. The van der Waals surface area contributed by atoms with Crippen LogP contribution in [0, 0.1) is 3.57 Å². The van der Waals surface area contributed by atoms with E-state index in [2.05, 4.69) is 56.5 Å². The van der Waals surface area contributed by atoms with Crippen LogP contribution in [0.15, 0.2) is 51.8 Å². The van der Waals surface area contributed by atoms with Crippen molar-refractivity contribution in [3.8, 4) is 0 Å². The van der Waals surface area contributed by atoms with Crippen LogP contribution in [0.4, 0.5) is 5.69 Å². The second-order valence-corrected chi connectivity index (χ2v) is 6.17. The van der Waals surface area contributed by atoms with Gasteiger partial charge in [0.1, 0.15) is 0 Å². The Morgan fingerprint density at radius 3 is 2.67 bits per heavy atom. The van der Waals surface area contributed by atoms with E-state index in [-0.39, 0.29) is 5.91 Å². The Morgan fingerprint density at radius 2 is 2.00 bits per heavy atom. The molecule has 0 aliphatic heterocycles. The molecule has 0 fully saturated rings. The van der Waals surface area contributed by atoms with Crippen LogP contribution < -0.4 is 5.32 Å². The van der Waals surface area contributed by atoms with Crippen molar-refractivity contribution < 1.29 is 4.79 Å². The maximum Gasteiger partial charge on any atom is 0.255 e. The van der Waals surface area contributed by atoms with Gasteiger partial charge in [0.25, 0.3) is 5.91 Å². The molecule has 0 aliphatic rings. The molecule has 0 aliphatic carbocycles. The van der Waals surface area contributed by atoms with Crippen molar-refractivity contribution in [3.63, 3.8) is 0 Å². The third kappa shape index (κ3) is 3.49. The van der Waals surface area contributed by atoms with Crippen molar-refractivity contribution in [1.82, 2.24) is 0 Å². The number of carbonyl (C=O) groups excluding carboxylic acids is 1. The van der Waals surface area contributed by atoms with E-state index in [1.807, 2.05) is 30.3 Å². The molecule has 2 aromatic carbocycles. The molecule has 2 rings (SSSR count). The van der Waals surface area contributed by atoms with E-state index in [9.17, 15) is 4.79 Å². The van der Waals surface area contributed by atoms with Crippen LogP contribution in [0.3, 0.4) is 0 Å². The van der Waals surface area contributed by atoms with E-state index in [1.54, 1.807) is 12.1 Å². The number of hydrogen-bond acceptors (Lipinski definition) is 2. The molecule has 0 heterocycles. The fourth-order valence-corrected chi connectivity index (χ4v) is 2.41. The molecule has 0 aromatic heterocycles. The maximum absolute atomic E-state index is 12.0. The van der Waals surface area contributed by atoms with Crippen molar-refractivity contribution in [3.05, 3.63) is 56.1 Å². The van der Waals surface area contributed by atoms with Crippen LogP contribution in [0.2, 0.25) is 0 Å². The molecule has 0 atom stereocenters. The molecular formula is C13H9BrINOS. The Kier molecular flexibility index (Phi) is 4.69. The van der Waals surface area contributed by atoms with Gasteiger partial charge >= 0.3 is 0 Å². The molecular weight excluding hydrogens is 425 g/mol. The highest BCUT2D eigenvalue weighted by Crippen LogP contribution is 2.23. The minimum Gasteiger partial charge on any atom is -0.322 e. The van der Waals surface area contributed by atoms with Gasteiger partial charge in [-0.25, -0.2) is 0 Å². The second-order valence-electron chi connectivity index (χ2n) is 3.63. The average Bonchev–Trinajstić information content (AvgIpc) is 2.34. The molecule has 18 heavy (non-hydrogen) atoms. The highest BCUT2D eigenvalue weighted by Gasteiger charge is 2.07. The highest BCUT2D eigenvalue weighted by molar-refractivity contribution is 14.1. The summed E-state index contributed by atoms with van der Waals surface area (Å²) in [7, 11) is 0. The van der Waals surface area contributed by atoms with Crippen LogP contribution in [-0.2, 0) is 0 Å². The zero-order valence-corrected chi connectivity index (χ0v) is 13.8. The van der Waals surface area contributed by atoms with Gasteiger partial charge in [-0.05, 0) is 74.9 Å². The Balaban J connectivity index is 2.18. The van der Waals surface area contributed by atoms with Gasteiger partial charge in [-0.3, -0.25) is 4.79 Å². The summed E-state index contributed by atoms with van der Waals surface area (Å²) in [4.78, 5) is 12.8. The number of hydrogen-bond donors (Lipinski definition) is 2. The number of amides is 1. The van der Waals surface area contributed by atoms with Crippen molar-refractivity contribution in [2.24, 2.45) is 0 Å². The van der Waals surface area contributed by atoms with Crippen LogP contribution >= 0.6 is 51.1 Å². The van der Waals surface area contributed by atoms with E-state index >= 15 is 0 Å². The standard InChI is InChI=1S/C13H9BrINOS/c14-11-5-4-9(7-12(11)15)16-13(17)8-2-1-3-10(18)6-8/h1-7,18H,(H,16,17). The summed E-state index contributed by atoms with van der Waals surface area (Å²) in [6.07, 6.45) is 0. The molecule has 2 nitrogen and oxygen atoms in total. The number of halogens is 2. The van der Waals surface area contributed by atoms with Crippen LogP contribution in [0.5, 0.6) is 0 Å². The highest BCUT2D eigenvalue weighted by atomic mass is 127. The lowest BCUT2D eigenvalue weighted by Gasteiger charge is -2.07. The Labute approximate surface area is 133 Å². The Morgan fingerprint density at radius 1 is 1.22 bits per heavy atom. The van der Waals surface area contributed by atoms with Gasteiger partial charge in [-0.1, -0.05) is 6.07 Å². The fourth-order valence-electron chi connectivity index (χ4n) is 1.42. The predicted molar refractivity (Wildman–Crippen MR) is 88.5 cm³/mol. The molecule has 0 radical (unpaired) electrons. The number of anilines is 1. The lowest BCUT2D eigenvalue weighted by atomic mass is 10.2. The summed E-state index contributed by atoms with van der Waals surface area (Å²) < 4.78 is 2.06. The second kappa shape index (κ2) is 6.08. The first-order valence-electron chi connectivity index (χ1n) is 5.12. The SMILES string of the molecule is O=C(Nc1ccc(Br)c(I)c1)c1cccc(S)c1. The molecule has 0 saturated carbocycles.